The summed E-state index contributed by atoms with van der Waals surface area (Å²) in [4.78, 5) is 1.44. The van der Waals surface area contributed by atoms with Crippen LogP contribution in [-0.2, 0) is 0 Å². The molecule has 0 fully saturated rings. The standard InChI is InChI=1S/C8H13F2N3/c1-5(2)13-6(3)12(4)11-8(13)7(9)10/h5,7H,3H2,1-2,4H3. The fourth-order valence-corrected chi connectivity index (χ4v) is 1.26. The number of hydrazone groups is 1. The van der Waals surface area contributed by atoms with Crippen molar-refractivity contribution in [1.82, 2.24) is 9.91 Å². The van der Waals surface area contributed by atoms with Gasteiger partial charge in [-0.05, 0) is 13.8 Å². The first-order valence-electron chi connectivity index (χ1n) is 4.03. The molecule has 0 aromatic carbocycles. The van der Waals surface area contributed by atoms with E-state index in [0.717, 1.165) is 0 Å². The van der Waals surface area contributed by atoms with Gasteiger partial charge in [0, 0.05) is 13.1 Å². The molecule has 0 aliphatic carbocycles. The Kier molecular flexibility index (Phi) is 2.54. The molecule has 0 aromatic rings. The van der Waals surface area contributed by atoms with Gasteiger partial charge >= 0.3 is 0 Å². The second-order valence-electron chi connectivity index (χ2n) is 3.16. The van der Waals surface area contributed by atoms with E-state index >= 15 is 0 Å². The molecule has 13 heavy (non-hydrogen) atoms. The summed E-state index contributed by atoms with van der Waals surface area (Å²) in [6, 6.07) is -0.0507. The number of alkyl halides is 2. The number of halogens is 2. The van der Waals surface area contributed by atoms with Gasteiger partial charge in [0.15, 0.2) is 5.84 Å². The van der Waals surface area contributed by atoms with Gasteiger partial charge in [0.05, 0.1) is 0 Å². The van der Waals surface area contributed by atoms with Gasteiger partial charge in [0.25, 0.3) is 6.43 Å². The van der Waals surface area contributed by atoms with Gasteiger partial charge in [-0.1, -0.05) is 6.58 Å². The molecule has 0 aromatic heterocycles. The molecule has 0 amide bonds. The lowest BCUT2D eigenvalue weighted by atomic mass is 10.3. The van der Waals surface area contributed by atoms with E-state index in [1.54, 1.807) is 7.05 Å². The van der Waals surface area contributed by atoms with E-state index in [2.05, 4.69) is 11.7 Å². The van der Waals surface area contributed by atoms with E-state index in [4.69, 9.17) is 0 Å². The molecular weight excluding hydrogens is 176 g/mol. The van der Waals surface area contributed by atoms with Crippen molar-refractivity contribution in [1.29, 1.82) is 0 Å². The second-order valence-corrected chi connectivity index (χ2v) is 3.16. The van der Waals surface area contributed by atoms with Gasteiger partial charge in [-0.25, -0.2) is 8.78 Å². The zero-order valence-corrected chi connectivity index (χ0v) is 7.96. The quantitative estimate of drug-likeness (QED) is 0.658. The third kappa shape index (κ3) is 1.64. The summed E-state index contributed by atoms with van der Waals surface area (Å²) in [5, 5.41) is 5.06. The zero-order chi connectivity index (χ0) is 10.2. The maximum atomic E-state index is 12.5. The molecule has 1 heterocycles. The van der Waals surface area contributed by atoms with E-state index in [0.29, 0.717) is 5.82 Å². The lowest BCUT2D eigenvalue weighted by molar-refractivity contribution is 0.204. The minimum Gasteiger partial charge on any atom is -0.306 e. The molecule has 1 aliphatic rings. The van der Waals surface area contributed by atoms with E-state index in [1.165, 1.54) is 9.91 Å². The van der Waals surface area contributed by atoms with Crippen LogP contribution in [0.3, 0.4) is 0 Å². The van der Waals surface area contributed by atoms with Crippen molar-refractivity contribution in [2.24, 2.45) is 5.10 Å². The molecule has 0 bridgehead atoms. The third-order valence-corrected chi connectivity index (χ3v) is 1.86. The summed E-state index contributed by atoms with van der Waals surface area (Å²) >= 11 is 0. The molecule has 0 unspecified atom stereocenters. The SMILES string of the molecule is C=C1N(C)N=C(C(F)F)N1C(C)C. The van der Waals surface area contributed by atoms with E-state index in [1.807, 2.05) is 13.8 Å². The fraction of sp³-hybridized carbons (Fsp3) is 0.625. The Hall–Kier alpha value is -1.13. The molecule has 1 rings (SSSR count). The van der Waals surface area contributed by atoms with Crippen molar-refractivity contribution < 1.29 is 8.78 Å². The summed E-state index contributed by atoms with van der Waals surface area (Å²) < 4.78 is 24.9. The molecule has 0 spiro atoms. The van der Waals surface area contributed by atoms with Gasteiger partial charge in [0.2, 0.25) is 0 Å². The van der Waals surface area contributed by atoms with Crippen molar-refractivity contribution in [3.8, 4) is 0 Å². The van der Waals surface area contributed by atoms with Crippen LogP contribution in [-0.4, -0.2) is 35.3 Å². The summed E-state index contributed by atoms with van der Waals surface area (Å²) in [5.74, 6) is 0.271. The molecular formula is C8H13F2N3. The average molecular weight is 189 g/mol. The van der Waals surface area contributed by atoms with Gasteiger partial charge in [-0.15, -0.1) is 0 Å². The Balaban J connectivity index is 2.93. The lowest BCUT2D eigenvalue weighted by Crippen LogP contribution is -2.37. The van der Waals surface area contributed by atoms with Crippen LogP contribution in [0.5, 0.6) is 0 Å². The van der Waals surface area contributed by atoms with Crippen molar-refractivity contribution in [2.75, 3.05) is 7.05 Å². The first-order chi connectivity index (χ1) is 5.95. The monoisotopic (exact) mass is 189 g/mol. The van der Waals surface area contributed by atoms with Crippen LogP contribution in [0.2, 0.25) is 0 Å². The zero-order valence-electron chi connectivity index (χ0n) is 7.96. The largest absolute Gasteiger partial charge is 0.306 e. The van der Waals surface area contributed by atoms with Crippen molar-refractivity contribution in [3.63, 3.8) is 0 Å². The Morgan fingerprint density at radius 3 is 2.23 bits per heavy atom. The van der Waals surface area contributed by atoms with Crippen LogP contribution in [0.15, 0.2) is 17.5 Å². The van der Waals surface area contributed by atoms with Gasteiger partial charge in [-0.2, -0.15) is 5.10 Å². The highest BCUT2D eigenvalue weighted by atomic mass is 19.3. The molecule has 5 heteroatoms. The van der Waals surface area contributed by atoms with E-state index in [-0.39, 0.29) is 11.9 Å². The molecule has 3 nitrogen and oxygen atoms in total. The van der Waals surface area contributed by atoms with Crippen LogP contribution in [0.1, 0.15) is 13.8 Å². The van der Waals surface area contributed by atoms with E-state index < -0.39 is 6.43 Å². The van der Waals surface area contributed by atoms with Crippen LogP contribution in [0, 0.1) is 0 Å². The number of hydrogen-bond acceptors (Lipinski definition) is 3. The highest BCUT2D eigenvalue weighted by Gasteiger charge is 2.32. The molecule has 74 valence electrons. The maximum absolute atomic E-state index is 12.5. The Labute approximate surface area is 76.3 Å². The van der Waals surface area contributed by atoms with Gasteiger partial charge in [0.1, 0.15) is 5.82 Å². The molecule has 1 aliphatic heterocycles. The normalized spacial score (nSPS) is 17.8. The van der Waals surface area contributed by atoms with Crippen LogP contribution in [0.4, 0.5) is 8.78 Å². The van der Waals surface area contributed by atoms with Gasteiger partial charge < -0.3 is 4.90 Å². The molecule has 0 N–H and O–H groups in total. The predicted octanol–water partition coefficient (Wildman–Crippen LogP) is 1.69. The van der Waals surface area contributed by atoms with Gasteiger partial charge in [-0.3, -0.25) is 5.01 Å². The Bertz CT molecular complexity index is 248. The first kappa shape index (κ1) is 9.95. The highest BCUT2D eigenvalue weighted by molar-refractivity contribution is 5.88. The van der Waals surface area contributed by atoms with Crippen molar-refractivity contribution >= 4 is 5.84 Å². The average Bonchev–Trinajstić information content (AvgIpc) is 2.28. The minimum absolute atomic E-state index is 0.0507. The molecule has 0 saturated heterocycles. The molecule has 0 radical (unpaired) electrons. The predicted molar refractivity (Wildman–Crippen MR) is 47.3 cm³/mol. The number of hydrogen-bond donors (Lipinski definition) is 0. The fourth-order valence-electron chi connectivity index (χ4n) is 1.26. The highest BCUT2D eigenvalue weighted by Crippen LogP contribution is 2.22. The summed E-state index contributed by atoms with van der Waals surface area (Å²) in [6.07, 6.45) is -2.55. The lowest BCUT2D eigenvalue weighted by Gasteiger charge is -2.25. The van der Waals surface area contributed by atoms with Crippen LogP contribution < -0.4 is 0 Å². The van der Waals surface area contributed by atoms with E-state index in [9.17, 15) is 8.78 Å². The second kappa shape index (κ2) is 3.32. The number of amidine groups is 1. The summed E-state index contributed by atoms with van der Waals surface area (Å²) in [5.41, 5.74) is 0. The Morgan fingerprint density at radius 1 is 1.38 bits per heavy atom. The van der Waals surface area contributed by atoms with Crippen molar-refractivity contribution in [3.05, 3.63) is 12.4 Å². The number of nitrogens with zero attached hydrogens (tertiary/aromatic N) is 3. The summed E-state index contributed by atoms with van der Waals surface area (Å²) in [7, 11) is 1.60. The molecule has 0 atom stereocenters. The minimum atomic E-state index is -2.55. The first-order valence-corrected chi connectivity index (χ1v) is 4.03. The maximum Gasteiger partial charge on any atom is 0.297 e. The summed E-state index contributed by atoms with van der Waals surface area (Å²) in [6.45, 7) is 7.32. The smallest absolute Gasteiger partial charge is 0.297 e. The topological polar surface area (TPSA) is 18.8 Å². The van der Waals surface area contributed by atoms with Crippen LogP contribution >= 0.6 is 0 Å². The Morgan fingerprint density at radius 2 is 1.92 bits per heavy atom. The van der Waals surface area contributed by atoms with Crippen LogP contribution in [0.25, 0.3) is 0 Å². The molecule has 0 saturated carbocycles. The van der Waals surface area contributed by atoms with Crippen molar-refractivity contribution in [2.45, 2.75) is 26.3 Å². The third-order valence-electron chi connectivity index (χ3n) is 1.86. The number of rotatable bonds is 2.